The van der Waals surface area contributed by atoms with Gasteiger partial charge >= 0.3 is 0 Å². The van der Waals surface area contributed by atoms with E-state index in [-0.39, 0.29) is 0 Å². The number of piperidine rings is 1. The van der Waals surface area contributed by atoms with E-state index in [2.05, 4.69) is 26.9 Å². The number of likely N-dealkylation sites (tertiary alicyclic amines) is 1. The molecule has 0 saturated carbocycles. The summed E-state index contributed by atoms with van der Waals surface area (Å²) in [6.07, 6.45) is 5.28. The molecule has 3 rings (SSSR count). The van der Waals surface area contributed by atoms with Crippen molar-refractivity contribution in [2.75, 3.05) is 31.1 Å². The molecule has 112 valence electrons. The van der Waals surface area contributed by atoms with E-state index in [4.69, 9.17) is 0 Å². The largest absolute Gasteiger partial charge is 0.369 e. The number of nitrogens with zero attached hydrogens (tertiary/aromatic N) is 4. The first kappa shape index (κ1) is 14.3. The van der Waals surface area contributed by atoms with Gasteiger partial charge in [-0.2, -0.15) is 5.26 Å². The van der Waals surface area contributed by atoms with Gasteiger partial charge in [-0.15, -0.1) is 0 Å². The lowest BCUT2D eigenvalue weighted by Gasteiger charge is -2.32. The van der Waals surface area contributed by atoms with E-state index >= 15 is 0 Å². The van der Waals surface area contributed by atoms with Crippen LogP contribution >= 0.6 is 0 Å². The molecule has 0 spiro atoms. The molecule has 0 amide bonds. The number of aryl methyl sites for hydroxylation is 2. The summed E-state index contributed by atoms with van der Waals surface area (Å²) in [4.78, 5) is 9.46. The van der Waals surface area contributed by atoms with E-state index in [0.717, 1.165) is 35.7 Å². The van der Waals surface area contributed by atoms with Gasteiger partial charge in [0.1, 0.15) is 6.07 Å². The second-order valence-electron chi connectivity index (χ2n) is 6.34. The van der Waals surface area contributed by atoms with Crippen molar-refractivity contribution in [2.24, 2.45) is 0 Å². The second-order valence-corrected chi connectivity index (χ2v) is 6.34. The third kappa shape index (κ3) is 2.89. The van der Waals surface area contributed by atoms with Gasteiger partial charge in [0.25, 0.3) is 0 Å². The summed E-state index contributed by atoms with van der Waals surface area (Å²) >= 11 is 0. The monoisotopic (exact) mass is 284 g/mol. The topological polar surface area (TPSA) is 43.2 Å². The summed E-state index contributed by atoms with van der Waals surface area (Å²) in [5.41, 5.74) is 3.69. The van der Waals surface area contributed by atoms with Crippen molar-refractivity contribution in [2.45, 2.75) is 45.6 Å². The quantitative estimate of drug-likeness (QED) is 0.837. The summed E-state index contributed by atoms with van der Waals surface area (Å²) in [7, 11) is 0. The normalized spacial score (nSPS) is 23.3. The van der Waals surface area contributed by atoms with Crippen LogP contribution in [0.5, 0.6) is 0 Å². The maximum atomic E-state index is 9.44. The maximum Gasteiger partial charge on any atom is 0.103 e. The fourth-order valence-electron chi connectivity index (χ4n) is 3.74. The van der Waals surface area contributed by atoms with Crippen LogP contribution in [0.25, 0.3) is 0 Å². The molecule has 0 aromatic carbocycles. The van der Waals surface area contributed by atoms with Crippen LogP contribution in [0.2, 0.25) is 0 Å². The minimum absolute atomic E-state index is 0.658. The SMILES string of the molecule is Cc1cc(N2CCC(N3CCCCC3)C2)c(C#N)c(C)n1. The van der Waals surface area contributed by atoms with Gasteiger partial charge in [0.05, 0.1) is 16.9 Å². The molecule has 3 heterocycles. The van der Waals surface area contributed by atoms with Crippen molar-refractivity contribution in [3.63, 3.8) is 0 Å². The molecule has 2 saturated heterocycles. The van der Waals surface area contributed by atoms with Gasteiger partial charge in [0, 0.05) is 24.8 Å². The summed E-state index contributed by atoms with van der Waals surface area (Å²) in [6.45, 7) is 8.55. The van der Waals surface area contributed by atoms with Crippen LogP contribution in [-0.2, 0) is 0 Å². The predicted molar refractivity (Wildman–Crippen MR) is 84.5 cm³/mol. The molecule has 4 heteroatoms. The zero-order valence-corrected chi connectivity index (χ0v) is 13.1. The molecular formula is C17H24N4. The van der Waals surface area contributed by atoms with E-state index in [1.54, 1.807) is 0 Å². The lowest BCUT2D eigenvalue weighted by molar-refractivity contribution is 0.175. The van der Waals surface area contributed by atoms with E-state index in [0.29, 0.717) is 6.04 Å². The average Bonchev–Trinajstić information content (AvgIpc) is 2.97. The molecule has 0 bridgehead atoms. The van der Waals surface area contributed by atoms with Crippen molar-refractivity contribution in [3.05, 3.63) is 23.0 Å². The smallest absolute Gasteiger partial charge is 0.103 e. The van der Waals surface area contributed by atoms with Crippen LogP contribution in [0.15, 0.2) is 6.07 Å². The van der Waals surface area contributed by atoms with E-state index in [1.165, 1.54) is 38.8 Å². The summed E-state index contributed by atoms with van der Waals surface area (Å²) < 4.78 is 0. The maximum absolute atomic E-state index is 9.44. The van der Waals surface area contributed by atoms with Gasteiger partial charge in [-0.1, -0.05) is 6.42 Å². The summed E-state index contributed by atoms with van der Waals surface area (Å²) in [5.74, 6) is 0. The minimum Gasteiger partial charge on any atom is -0.369 e. The number of hydrogen-bond acceptors (Lipinski definition) is 4. The van der Waals surface area contributed by atoms with Crippen LogP contribution in [0, 0.1) is 25.2 Å². The standard InChI is InChI=1S/C17H24N4/c1-13-10-17(16(11-18)14(2)19-13)21-9-6-15(12-21)20-7-4-3-5-8-20/h10,15H,3-9,12H2,1-2H3. The Morgan fingerprint density at radius 3 is 2.67 bits per heavy atom. The minimum atomic E-state index is 0.658. The molecular weight excluding hydrogens is 260 g/mol. The highest BCUT2D eigenvalue weighted by molar-refractivity contribution is 5.62. The molecule has 0 radical (unpaired) electrons. The lowest BCUT2D eigenvalue weighted by atomic mass is 10.1. The first-order valence-corrected chi connectivity index (χ1v) is 8.06. The second kappa shape index (κ2) is 6.03. The molecule has 0 N–H and O–H groups in total. The zero-order chi connectivity index (χ0) is 14.8. The number of rotatable bonds is 2. The molecule has 0 aliphatic carbocycles. The van der Waals surface area contributed by atoms with Crippen LogP contribution in [0.4, 0.5) is 5.69 Å². The van der Waals surface area contributed by atoms with Crippen molar-refractivity contribution in [1.29, 1.82) is 5.26 Å². The Morgan fingerprint density at radius 2 is 1.95 bits per heavy atom. The molecule has 21 heavy (non-hydrogen) atoms. The number of pyridine rings is 1. The van der Waals surface area contributed by atoms with E-state index < -0.39 is 0 Å². The lowest BCUT2D eigenvalue weighted by Crippen LogP contribution is -2.41. The number of aromatic nitrogens is 1. The zero-order valence-electron chi connectivity index (χ0n) is 13.1. The summed E-state index contributed by atoms with van der Waals surface area (Å²) in [6, 6.07) is 5.08. The molecule has 1 aromatic rings. The highest BCUT2D eigenvalue weighted by atomic mass is 15.3. The Hall–Kier alpha value is -1.60. The number of anilines is 1. The fourth-order valence-corrected chi connectivity index (χ4v) is 3.74. The highest BCUT2D eigenvalue weighted by Crippen LogP contribution is 2.29. The van der Waals surface area contributed by atoms with Gasteiger partial charge < -0.3 is 4.90 Å². The molecule has 2 aliphatic rings. The molecule has 4 nitrogen and oxygen atoms in total. The first-order valence-electron chi connectivity index (χ1n) is 8.06. The molecule has 1 unspecified atom stereocenters. The van der Waals surface area contributed by atoms with E-state index in [1.807, 2.05) is 13.8 Å². The van der Waals surface area contributed by atoms with E-state index in [9.17, 15) is 5.26 Å². The highest BCUT2D eigenvalue weighted by Gasteiger charge is 2.30. The van der Waals surface area contributed by atoms with Crippen molar-refractivity contribution in [3.8, 4) is 6.07 Å². The Labute approximate surface area is 127 Å². The van der Waals surface area contributed by atoms with Crippen molar-refractivity contribution < 1.29 is 0 Å². The molecule has 1 atom stereocenters. The Morgan fingerprint density at radius 1 is 1.19 bits per heavy atom. The summed E-state index contributed by atoms with van der Waals surface area (Å²) in [5, 5.41) is 9.44. The Balaban J connectivity index is 1.78. The Bertz CT molecular complexity index is 555. The van der Waals surface area contributed by atoms with Crippen molar-refractivity contribution in [1.82, 2.24) is 9.88 Å². The van der Waals surface area contributed by atoms with Gasteiger partial charge in [-0.25, -0.2) is 0 Å². The van der Waals surface area contributed by atoms with Crippen LogP contribution in [-0.4, -0.2) is 42.1 Å². The predicted octanol–water partition coefficient (Wildman–Crippen LogP) is 2.63. The molecule has 2 aliphatic heterocycles. The third-order valence-corrected chi connectivity index (χ3v) is 4.83. The van der Waals surface area contributed by atoms with Gasteiger partial charge in [-0.3, -0.25) is 9.88 Å². The van der Waals surface area contributed by atoms with Crippen LogP contribution < -0.4 is 4.90 Å². The average molecular weight is 284 g/mol. The van der Waals surface area contributed by atoms with Gasteiger partial charge in [0.15, 0.2) is 0 Å². The molecule has 2 fully saturated rings. The van der Waals surface area contributed by atoms with Gasteiger partial charge in [-0.05, 0) is 52.3 Å². The fraction of sp³-hybridized carbons (Fsp3) is 0.647. The van der Waals surface area contributed by atoms with Crippen molar-refractivity contribution >= 4 is 5.69 Å². The molecule has 1 aromatic heterocycles. The van der Waals surface area contributed by atoms with Crippen LogP contribution in [0.1, 0.15) is 42.6 Å². The van der Waals surface area contributed by atoms with Gasteiger partial charge in [0.2, 0.25) is 0 Å². The number of nitriles is 1. The number of hydrogen-bond donors (Lipinski definition) is 0. The Kier molecular flexibility index (Phi) is 4.12. The third-order valence-electron chi connectivity index (χ3n) is 4.83. The first-order chi connectivity index (χ1) is 10.2. The van der Waals surface area contributed by atoms with Crippen LogP contribution in [0.3, 0.4) is 0 Å².